The number of azo groups is 2. The third kappa shape index (κ3) is 15.8. The van der Waals surface area contributed by atoms with Crippen LogP contribution in [0.15, 0.2) is 177 Å². The van der Waals surface area contributed by atoms with Crippen molar-refractivity contribution in [3.63, 3.8) is 0 Å². The maximum absolute atomic E-state index is 13.1. The van der Waals surface area contributed by atoms with Gasteiger partial charge >= 0.3 is 11.9 Å². The topological polar surface area (TPSA) is 186 Å². The van der Waals surface area contributed by atoms with Crippen LogP contribution in [-0.4, -0.2) is 70.4 Å². The number of benzene rings is 6. The fourth-order valence-corrected chi connectivity index (χ4v) is 7.67. The van der Waals surface area contributed by atoms with E-state index in [2.05, 4.69) is 43.1 Å². The summed E-state index contributed by atoms with van der Waals surface area (Å²) >= 11 is 0. The number of esters is 2. The Bertz CT molecular complexity index is 2950. The van der Waals surface area contributed by atoms with Crippen molar-refractivity contribution in [3.05, 3.63) is 178 Å². The van der Waals surface area contributed by atoms with Crippen molar-refractivity contribution in [2.75, 3.05) is 54.9 Å². The lowest BCUT2D eigenvalue weighted by Crippen LogP contribution is -2.32. The minimum atomic E-state index is -3.29. The minimum Gasteiger partial charge on any atom is -0.460 e. The van der Waals surface area contributed by atoms with E-state index in [1.54, 1.807) is 79.7 Å². The molecule has 0 amide bonds. The van der Waals surface area contributed by atoms with Crippen molar-refractivity contribution in [2.45, 2.75) is 37.5 Å². The van der Waals surface area contributed by atoms with Gasteiger partial charge in [0.2, 0.25) is 0 Å². The fourth-order valence-electron chi connectivity index (χ4n) is 6.78. The molecular weight excluding hydrogens is 907 g/mol. The molecule has 16 heteroatoms. The molecule has 0 aliphatic carbocycles. The normalized spacial score (nSPS) is 11.1. The van der Waals surface area contributed by atoms with Crippen LogP contribution in [0.1, 0.15) is 58.9 Å². The number of nitrogens with zero attached hydrogens (tertiary/aromatic N) is 7. The lowest BCUT2D eigenvalue weighted by Gasteiger charge is -2.24. The Labute approximate surface area is 408 Å². The number of nitro benzene ring substituents is 1. The van der Waals surface area contributed by atoms with Crippen molar-refractivity contribution in [1.82, 2.24) is 0 Å². The molecule has 0 aliphatic rings. The summed E-state index contributed by atoms with van der Waals surface area (Å²) in [4.78, 5) is 40.7. The SMILES string of the molecule is C#CCCCN(CCCC#Cc1ccc(C(=O)OCCN(CCOC(=O)c2ccccc2)c2ccc(N=Nc3ccc([N+](=O)[O-])cc3)cc2)cc1)c1ccc(N=Nc2ccc(S(=O)(=O)CC)cc2)cc1. The van der Waals surface area contributed by atoms with E-state index in [1.807, 2.05) is 47.4 Å². The summed E-state index contributed by atoms with van der Waals surface area (Å²) in [5, 5.41) is 27.9. The van der Waals surface area contributed by atoms with Crippen molar-refractivity contribution < 1.29 is 32.4 Å². The maximum atomic E-state index is 13.1. The number of ether oxygens (including phenoxy) is 2. The van der Waals surface area contributed by atoms with Gasteiger partial charge in [0.05, 0.1) is 62.5 Å². The molecule has 0 heterocycles. The molecule has 0 aliphatic heterocycles. The molecule has 6 aromatic rings. The van der Waals surface area contributed by atoms with Crippen molar-refractivity contribution in [3.8, 4) is 24.2 Å². The molecule has 0 unspecified atom stereocenters. The number of rotatable bonds is 23. The van der Waals surface area contributed by atoms with Crippen LogP contribution in [0.2, 0.25) is 0 Å². The second kappa shape index (κ2) is 26.2. The van der Waals surface area contributed by atoms with Crippen molar-refractivity contribution >= 4 is 61.6 Å². The molecule has 6 aromatic carbocycles. The predicted octanol–water partition coefficient (Wildman–Crippen LogP) is 11.8. The Hall–Kier alpha value is -8.47. The Kier molecular flexibility index (Phi) is 19.0. The summed E-state index contributed by atoms with van der Waals surface area (Å²) in [5.41, 5.74) is 5.56. The van der Waals surface area contributed by atoms with Crippen LogP contribution in [0.3, 0.4) is 0 Å². The van der Waals surface area contributed by atoms with Gasteiger partial charge in [-0.2, -0.15) is 20.5 Å². The number of hydrogen-bond donors (Lipinski definition) is 0. The largest absolute Gasteiger partial charge is 0.460 e. The average molecular weight is 958 g/mol. The van der Waals surface area contributed by atoms with Gasteiger partial charge in [-0.25, -0.2) is 18.0 Å². The molecule has 6 rings (SSSR count). The van der Waals surface area contributed by atoms with E-state index in [1.165, 1.54) is 36.4 Å². The van der Waals surface area contributed by atoms with Crippen LogP contribution < -0.4 is 9.80 Å². The smallest absolute Gasteiger partial charge is 0.338 e. The molecule has 356 valence electrons. The number of nitro groups is 1. The van der Waals surface area contributed by atoms with Gasteiger partial charge in [0.1, 0.15) is 13.2 Å². The summed E-state index contributed by atoms with van der Waals surface area (Å²) in [6.07, 6.45) is 8.50. The van der Waals surface area contributed by atoms with Gasteiger partial charge in [0.15, 0.2) is 9.84 Å². The van der Waals surface area contributed by atoms with Crippen LogP contribution in [-0.2, 0) is 19.3 Å². The average Bonchev–Trinajstić information content (AvgIpc) is 3.39. The van der Waals surface area contributed by atoms with E-state index in [-0.39, 0.29) is 29.5 Å². The molecule has 0 fully saturated rings. The summed E-state index contributed by atoms with van der Waals surface area (Å²) in [5.74, 6) is 8.24. The standard InChI is InChI=1S/C54H51N7O8S/c1-3-5-11-36-59(49-28-20-45(21-29-49)56-58-48-26-34-52(35-27-48)70(66,67)4-2)37-12-7-8-13-42-16-18-44(19-17-42)54(63)69-41-39-60(38-40-68-53(62)43-14-9-6-10-15-43)50-30-22-46(23-31-50)55-57-47-24-32-51(33-25-47)61(64)65/h1,6,9-10,14-35H,4-5,7,11-12,36-41H2,2H3. The van der Waals surface area contributed by atoms with Crippen LogP contribution in [0.25, 0.3) is 0 Å². The highest BCUT2D eigenvalue weighted by molar-refractivity contribution is 7.91. The fraction of sp³-hybridized carbons (Fsp3) is 0.222. The summed E-state index contributed by atoms with van der Waals surface area (Å²) in [6, 6.07) is 42.7. The van der Waals surface area contributed by atoms with Crippen molar-refractivity contribution in [2.24, 2.45) is 20.5 Å². The molecular formula is C54H51N7O8S. The lowest BCUT2D eigenvalue weighted by molar-refractivity contribution is -0.384. The van der Waals surface area contributed by atoms with E-state index in [9.17, 15) is 28.1 Å². The van der Waals surface area contributed by atoms with Gasteiger partial charge in [-0.1, -0.05) is 37.0 Å². The Morgan fingerprint density at radius 3 is 1.51 bits per heavy atom. The number of hydrogen-bond acceptors (Lipinski definition) is 14. The third-order valence-electron chi connectivity index (χ3n) is 10.7. The first-order valence-electron chi connectivity index (χ1n) is 22.5. The van der Waals surface area contributed by atoms with E-state index >= 15 is 0 Å². The van der Waals surface area contributed by atoms with Gasteiger partial charge in [0.25, 0.3) is 5.69 Å². The first-order valence-corrected chi connectivity index (χ1v) is 24.2. The number of carbonyl (C=O) groups excluding carboxylic acids is 2. The van der Waals surface area contributed by atoms with E-state index in [4.69, 9.17) is 15.9 Å². The number of non-ortho nitro benzene ring substituents is 1. The van der Waals surface area contributed by atoms with Gasteiger partial charge < -0.3 is 19.3 Å². The van der Waals surface area contributed by atoms with E-state index < -0.39 is 26.7 Å². The van der Waals surface area contributed by atoms with Crippen molar-refractivity contribution in [1.29, 1.82) is 0 Å². The second-order valence-corrected chi connectivity index (χ2v) is 17.8. The summed E-state index contributed by atoms with van der Waals surface area (Å²) in [6.45, 7) is 3.89. The Balaban J connectivity index is 0.989. The van der Waals surface area contributed by atoms with Gasteiger partial charge in [-0.05, 0) is 134 Å². The third-order valence-corrected chi connectivity index (χ3v) is 12.4. The number of unbranched alkanes of at least 4 members (excludes halogenated alkanes) is 2. The highest BCUT2D eigenvalue weighted by Gasteiger charge is 2.14. The quantitative estimate of drug-likeness (QED) is 0.0149. The molecule has 0 atom stereocenters. The molecule has 0 saturated carbocycles. The first kappa shape index (κ1) is 50.9. The molecule has 0 aromatic heterocycles. The lowest BCUT2D eigenvalue weighted by atomic mass is 10.1. The molecule has 0 radical (unpaired) electrons. The summed E-state index contributed by atoms with van der Waals surface area (Å²) < 4.78 is 35.4. The zero-order chi connectivity index (χ0) is 49.6. The number of anilines is 2. The van der Waals surface area contributed by atoms with Crippen LogP contribution in [0, 0.1) is 34.3 Å². The second-order valence-electron chi connectivity index (χ2n) is 15.5. The monoisotopic (exact) mass is 957 g/mol. The zero-order valence-electron chi connectivity index (χ0n) is 38.6. The number of sulfone groups is 1. The molecule has 15 nitrogen and oxygen atoms in total. The van der Waals surface area contributed by atoms with Crippen LogP contribution >= 0.6 is 0 Å². The number of terminal acetylenes is 1. The van der Waals surface area contributed by atoms with Gasteiger partial charge in [-0.15, -0.1) is 12.3 Å². The highest BCUT2D eigenvalue weighted by Crippen LogP contribution is 2.26. The highest BCUT2D eigenvalue weighted by atomic mass is 32.2. The molecule has 70 heavy (non-hydrogen) atoms. The van der Waals surface area contributed by atoms with Gasteiger partial charge in [0, 0.05) is 55.0 Å². The summed E-state index contributed by atoms with van der Waals surface area (Å²) in [7, 11) is -3.29. The van der Waals surface area contributed by atoms with E-state index in [0.717, 1.165) is 42.9 Å². The molecule has 0 N–H and O–H groups in total. The Morgan fingerprint density at radius 1 is 0.600 bits per heavy atom. The number of carbonyl (C=O) groups is 2. The minimum absolute atomic E-state index is 0.0321. The van der Waals surface area contributed by atoms with E-state index in [0.29, 0.717) is 59.8 Å². The van der Waals surface area contributed by atoms with Gasteiger partial charge in [-0.3, -0.25) is 10.1 Å². The first-order chi connectivity index (χ1) is 34.0. The zero-order valence-corrected chi connectivity index (χ0v) is 39.4. The Morgan fingerprint density at radius 2 is 1.04 bits per heavy atom. The maximum Gasteiger partial charge on any atom is 0.338 e. The van der Waals surface area contributed by atoms with Crippen LogP contribution in [0.4, 0.5) is 39.8 Å². The molecule has 0 saturated heterocycles. The van der Waals surface area contributed by atoms with Crippen LogP contribution in [0.5, 0.6) is 0 Å². The predicted molar refractivity (Wildman–Crippen MR) is 271 cm³/mol. The molecule has 0 spiro atoms. The molecule has 0 bridgehead atoms.